The number of rotatable bonds is 5. The third-order valence-corrected chi connectivity index (χ3v) is 6.47. The molecule has 7 heteroatoms. The molecule has 0 saturated heterocycles. The lowest BCUT2D eigenvalue weighted by atomic mass is 9.99. The van der Waals surface area contributed by atoms with Crippen molar-refractivity contribution in [1.29, 1.82) is 0 Å². The first-order chi connectivity index (χ1) is 17.7. The average Bonchev–Trinajstić information content (AvgIpc) is 3.14. The molecule has 182 valence electrons. The molecule has 0 atom stereocenters. The van der Waals surface area contributed by atoms with Gasteiger partial charge in [0.1, 0.15) is 0 Å². The van der Waals surface area contributed by atoms with Crippen molar-refractivity contribution in [1.82, 2.24) is 0 Å². The first-order valence-corrected chi connectivity index (χ1v) is 11.6. The molecule has 0 saturated carbocycles. The van der Waals surface area contributed by atoms with E-state index in [9.17, 15) is 19.2 Å². The lowest BCUT2D eigenvalue weighted by Crippen LogP contribution is -2.29. The van der Waals surface area contributed by atoms with Crippen LogP contribution in [0.4, 0.5) is 17.1 Å². The van der Waals surface area contributed by atoms with E-state index >= 15 is 0 Å². The Kier molecular flexibility index (Phi) is 5.89. The van der Waals surface area contributed by atoms with Crippen LogP contribution in [0, 0.1) is 13.8 Å². The Morgan fingerprint density at radius 2 is 1.30 bits per heavy atom. The number of carbonyl (C=O) groups is 4. The number of aryl methyl sites for hydroxylation is 2. The third-order valence-electron chi connectivity index (χ3n) is 6.47. The summed E-state index contributed by atoms with van der Waals surface area (Å²) in [5.41, 5.74) is 11.0. The van der Waals surface area contributed by atoms with Gasteiger partial charge in [0.15, 0.2) is 5.78 Å². The predicted molar refractivity (Wildman–Crippen MR) is 142 cm³/mol. The molecule has 0 bridgehead atoms. The molecule has 0 unspecified atom stereocenters. The number of carbonyl (C=O) groups excluding carboxylic acids is 4. The van der Waals surface area contributed by atoms with Crippen molar-refractivity contribution < 1.29 is 19.2 Å². The fourth-order valence-corrected chi connectivity index (χ4v) is 4.20. The van der Waals surface area contributed by atoms with Gasteiger partial charge in [0, 0.05) is 28.1 Å². The fraction of sp³-hybridized carbons (Fsp3) is 0.0667. The third kappa shape index (κ3) is 4.38. The molecule has 3 amide bonds. The maximum atomic E-state index is 13.2. The molecule has 3 N–H and O–H groups in total. The number of benzene rings is 4. The van der Waals surface area contributed by atoms with Gasteiger partial charge in [-0.3, -0.25) is 19.2 Å². The predicted octanol–water partition coefficient (Wildman–Crippen LogP) is 5.17. The second-order valence-electron chi connectivity index (χ2n) is 8.96. The van der Waals surface area contributed by atoms with Crippen molar-refractivity contribution in [2.45, 2.75) is 13.8 Å². The summed E-state index contributed by atoms with van der Waals surface area (Å²) < 4.78 is 0. The molecule has 1 aliphatic rings. The van der Waals surface area contributed by atoms with Gasteiger partial charge >= 0.3 is 0 Å². The van der Waals surface area contributed by atoms with E-state index in [4.69, 9.17) is 5.73 Å². The summed E-state index contributed by atoms with van der Waals surface area (Å²) in [4.78, 5) is 52.7. The normalized spacial score (nSPS) is 12.4. The monoisotopic (exact) mass is 489 g/mol. The number of imide groups is 1. The van der Waals surface area contributed by atoms with Gasteiger partial charge in [-0.15, -0.1) is 0 Å². The van der Waals surface area contributed by atoms with Gasteiger partial charge in [-0.1, -0.05) is 12.1 Å². The Labute approximate surface area is 213 Å². The minimum atomic E-state index is -0.503. The highest BCUT2D eigenvalue weighted by Gasteiger charge is 2.37. The summed E-state index contributed by atoms with van der Waals surface area (Å²) in [6.07, 6.45) is 0. The zero-order valence-corrected chi connectivity index (χ0v) is 20.2. The first-order valence-electron chi connectivity index (χ1n) is 11.6. The Morgan fingerprint density at radius 3 is 1.97 bits per heavy atom. The van der Waals surface area contributed by atoms with Crippen molar-refractivity contribution in [2.75, 3.05) is 16.0 Å². The zero-order chi connectivity index (χ0) is 26.3. The molecule has 0 aromatic heterocycles. The molecular formula is C30H23N3O4. The first kappa shape index (κ1) is 23.7. The van der Waals surface area contributed by atoms with Crippen molar-refractivity contribution >= 4 is 40.6 Å². The van der Waals surface area contributed by atoms with Gasteiger partial charge in [-0.05, 0) is 97.8 Å². The van der Waals surface area contributed by atoms with Crippen LogP contribution in [0.25, 0.3) is 0 Å². The lowest BCUT2D eigenvalue weighted by molar-refractivity contribution is 0.0924. The maximum absolute atomic E-state index is 13.2. The number of anilines is 3. The molecule has 0 aliphatic carbocycles. The topological polar surface area (TPSA) is 110 Å². The summed E-state index contributed by atoms with van der Waals surface area (Å²) in [5.74, 6) is -1.47. The highest BCUT2D eigenvalue weighted by atomic mass is 16.2. The molecule has 37 heavy (non-hydrogen) atoms. The Morgan fingerprint density at radius 1 is 0.676 bits per heavy atom. The molecular weight excluding hydrogens is 466 g/mol. The van der Waals surface area contributed by atoms with Crippen LogP contribution < -0.4 is 16.0 Å². The number of hydrogen-bond donors (Lipinski definition) is 2. The summed E-state index contributed by atoms with van der Waals surface area (Å²) in [6.45, 7) is 3.93. The van der Waals surface area contributed by atoms with Crippen LogP contribution in [0.2, 0.25) is 0 Å². The SMILES string of the molecule is Cc1ccc(C(=O)c2ccc(N3C(=O)c4ccc(NC(=O)c5ccc(N)cc5)cc4C3=O)cc2)cc1C. The van der Waals surface area contributed by atoms with E-state index in [-0.39, 0.29) is 22.8 Å². The van der Waals surface area contributed by atoms with Crippen LogP contribution in [0.15, 0.2) is 84.9 Å². The summed E-state index contributed by atoms with van der Waals surface area (Å²) in [7, 11) is 0. The van der Waals surface area contributed by atoms with Gasteiger partial charge in [0.2, 0.25) is 0 Å². The van der Waals surface area contributed by atoms with Crippen LogP contribution in [-0.4, -0.2) is 23.5 Å². The van der Waals surface area contributed by atoms with Gasteiger partial charge in [-0.2, -0.15) is 0 Å². The summed E-state index contributed by atoms with van der Waals surface area (Å²) in [6, 6.07) is 22.9. The highest BCUT2D eigenvalue weighted by molar-refractivity contribution is 6.34. The second-order valence-corrected chi connectivity index (χ2v) is 8.96. The van der Waals surface area contributed by atoms with Crippen LogP contribution in [0.5, 0.6) is 0 Å². The Balaban J connectivity index is 1.36. The van der Waals surface area contributed by atoms with E-state index in [0.29, 0.717) is 33.8 Å². The van der Waals surface area contributed by atoms with Crippen LogP contribution in [0.3, 0.4) is 0 Å². The molecule has 1 heterocycles. The van der Waals surface area contributed by atoms with E-state index < -0.39 is 11.8 Å². The van der Waals surface area contributed by atoms with E-state index in [1.54, 1.807) is 60.7 Å². The largest absolute Gasteiger partial charge is 0.399 e. The van der Waals surface area contributed by atoms with Gasteiger partial charge in [-0.25, -0.2) is 4.90 Å². The van der Waals surface area contributed by atoms with Gasteiger partial charge < -0.3 is 11.1 Å². The molecule has 0 spiro atoms. The van der Waals surface area contributed by atoms with E-state index in [1.807, 2.05) is 26.0 Å². The van der Waals surface area contributed by atoms with Crippen molar-refractivity contribution in [3.8, 4) is 0 Å². The molecule has 4 aromatic rings. The number of nitrogen functional groups attached to an aromatic ring is 1. The molecule has 5 rings (SSSR count). The highest BCUT2D eigenvalue weighted by Crippen LogP contribution is 2.31. The van der Waals surface area contributed by atoms with E-state index in [2.05, 4.69) is 5.32 Å². The lowest BCUT2D eigenvalue weighted by Gasteiger charge is -2.14. The Hall–Kier alpha value is -5.04. The maximum Gasteiger partial charge on any atom is 0.266 e. The number of nitrogens with zero attached hydrogens (tertiary/aromatic N) is 1. The number of ketones is 1. The Bertz CT molecular complexity index is 1590. The smallest absolute Gasteiger partial charge is 0.266 e. The summed E-state index contributed by atoms with van der Waals surface area (Å²) in [5, 5.41) is 2.74. The standard InChI is InChI=1S/C30H23N3O4/c1-17-3-4-21(15-18(17)2)27(34)19-7-12-24(13-8-19)33-29(36)25-14-11-23(16-26(25)30(33)37)32-28(35)20-5-9-22(31)10-6-20/h3-16H,31H2,1-2H3,(H,32,35). The van der Waals surface area contributed by atoms with Crippen LogP contribution in [0.1, 0.15) is 58.1 Å². The molecule has 0 fully saturated rings. The number of nitrogens with one attached hydrogen (secondary N) is 1. The average molecular weight is 490 g/mol. The number of amides is 3. The van der Waals surface area contributed by atoms with Crippen molar-refractivity contribution in [3.63, 3.8) is 0 Å². The number of nitrogens with two attached hydrogens (primary N) is 1. The molecule has 0 radical (unpaired) electrons. The fourth-order valence-electron chi connectivity index (χ4n) is 4.20. The quantitative estimate of drug-likeness (QED) is 0.228. The minimum Gasteiger partial charge on any atom is -0.399 e. The van der Waals surface area contributed by atoms with Gasteiger partial charge in [0.05, 0.1) is 16.8 Å². The van der Waals surface area contributed by atoms with Gasteiger partial charge in [0.25, 0.3) is 17.7 Å². The van der Waals surface area contributed by atoms with Crippen molar-refractivity contribution in [2.24, 2.45) is 0 Å². The number of hydrogen-bond acceptors (Lipinski definition) is 5. The molecule has 7 nitrogen and oxygen atoms in total. The van der Waals surface area contributed by atoms with Crippen molar-refractivity contribution in [3.05, 3.63) is 124 Å². The second kappa shape index (κ2) is 9.20. The number of fused-ring (bicyclic) bond motifs is 1. The minimum absolute atomic E-state index is 0.140. The zero-order valence-electron chi connectivity index (χ0n) is 20.2. The molecule has 1 aliphatic heterocycles. The van der Waals surface area contributed by atoms with Crippen LogP contribution in [-0.2, 0) is 0 Å². The molecule has 4 aromatic carbocycles. The van der Waals surface area contributed by atoms with E-state index in [1.165, 1.54) is 12.1 Å². The summed E-state index contributed by atoms with van der Waals surface area (Å²) >= 11 is 0. The van der Waals surface area contributed by atoms with Crippen LogP contribution >= 0.6 is 0 Å². The van der Waals surface area contributed by atoms with E-state index in [0.717, 1.165) is 16.0 Å².